The second-order valence-corrected chi connectivity index (χ2v) is 3.32. The van der Waals surface area contributed by atoms with Gasteiger partial charge in [-0.25, -0.2) is 0 Å². The Kier molecular flexibility index (Phi) is 2.75. The van der Waals surface area contributed by atoms with Crippen molar-refractivity contribution in [3.05, 3.63) is 48.5 Å². The van der Waals surface area contributed by atoms with E-state index in [4.69, 9.17) is 10.4 Å². The van der Waals surface area contributed by atoms with Crippen LogP contribution in [0.2, 0.25) is 0 Å². The lowest BCUT2D eigenvalue weighted by Crippen LogP contribution is -1.62. The molecule has 2 N–H and O–H groups in total. The van der Waals surface area contributed by atoms with E-state index in [2.05, 4.69) is 53.5 Å². The molecule has 0 aliphatic heterocycles. The summed E-state index contributed by atoms with van der Waals surface area (Å²) >= 11 is 0. The average molecular weight is 210 g/mol. The quantitative estimate of drug-likeness (QED) is 0.560. The highest BCUT2D eigenvalue weighted by molar-refractivity contribution is 6.06. The van der Waals surface area contributed by atoms with Gasteiger partial charge in [0.2, 0.25) is 0 Å². The van der Waals surface area contributed by atoms with Gasteiger partial charge in [-0.1, -0.05) is 36.4 Å². The number of aliphatic hydroxyl groups excluding tert-OH is 1. The Hall–Kier alpha value is -2.47. The van der Waals surface area contributed by atoms with Gasteiger partial charge in [-0.05, 0) is 12.1 Å². The van der Waals surface area contributed by atoms with E-state index in [1.54, 1.807) is 0 Å². The zero-order valence-electron chi connectivity index (χ0n) is 8.51. The van der Waals surface area contributed by atoms with Crippen molar-refractivity contribution in [2.45, 2.75) is 0 Å². The van der Waals surface area contributed by atoms with Crippen molar-refractivity contribution in [2.75, 3.05) is 0 Å². The lowest BCUT2D eigenvalue weighted by atomic mass is 10.2. The fraction of sp³-hybridized carbons (Fsp3) is 0. The third kappa shape index (κ3) is 1.69. The Bertz CT molecular complexity index is 599. The predicted molar refractivity (Wildman–Crippen MR) is 63.4 cm³/mol. The minimum Gasteiger partial charge on any atom is -0.443 e. The van der Waals surface area contributed by atoms with Crippen LogP contribution < -0.4 is 0 Å². The summed E-state index contributed by atoms with van der Waals surface area (Å²) in [6, 6.07) is 16.8. The molecule has 16 heavy (non-hydrogen) atoms. The Balaban J connectivity index is 0.000000292. The molecular weight excluding hydrogens is 200 g/mol. The largest absolute Gasteiger partial charge is 0.443 e. The number of nitrogens with zero attached hydrogens (tertiary/aromatic N) is 1. The van der Waals surface area contributed by atoms with Crippen LogP contribution in [0.4, 0.5) is 0 Å². The second-order valence-electron chi connectivity index (χ2n) is 3.32. The van der Waals surface area contributed by atoms with Crippen molar-refractivity contribution >= 4 is 21.8 Å². The molecule has 0 spiro atoms. The van der Waals surface area contributed by atoms with E-state index < -0.39 is 0 Å². The molecule has 0 bridgehead atoms. The molecule has 0 saturated carbocycles. The van der Waals surface area contributed by atoms with Gasteiger partial charge in [0.15, 0.2) is 0 Å². The first-order valence-corrected chi connectivity index (χ1v) is 4.85. The van der Waals surface area contributed by atoms with Gasteiger partial charge in [0.05, 0.1) is 0 Å². The molecule has 3 heteroatoms. The van der Waals surface area contributed by atoms with Crippen LogP contribution in [0.3, 0.4) is 0 Å². The maximum Gasteiger partial charge on any atom is 0.283 e. The van der Waals surface area contributed by atoms with Gasteiger partial charge >= 0.3 is 0 Å². The first kappa shape index (κ1) is 10.1. The number of para-hydroxylation sites is 2. The van der Waals surface area contributed by atoms with Crippen LogP contribution in [0.25, 0.3) is 21.8 Å². The molecule has 0 amide bonds. The van der Waals surface area contributed by atoms with E-state index in [1.165, 1.54) is 21.8 Å². The van der Waals surface area contributed by atoms with Crippen molar-refractivity contribution in [3.8, 4) is 6.26 Å². The van der Waals surface area contributed by atoms with Crippen LogP contribution >= 0.6 is 0 Å². The molecule has 1 heterocycles. The second kappa shape index (κ2) is 4.37. The molecule has 3 nitrogen and oxygen atoms in total. The van der Waals surface area contributed by atoms with Crippen LogP contribution in [-0.2, 0) is 0 Å². The van der Waals surface area contributed by atoms with Crippen LogP contribution in [-0.4, -0.2) is 10.1 Å². The number of nitriles is 1. The van der Waals surface area contributed by atoms with Crippen LogP contribution in [0.15, 0.2) is 48.5 Å². The number of H-pyrrole nitrogens is 1. The number of rotatable bonds is 0. The molecule has 2 aromatic carbocycles. The molecule has 0 fully saturated rings. The number of aromatic amines is 1. The monoisotopic (exact) mass is 210 g/mol. The maximum absolute atomic E-state index is 6.88. The first-order valence-electron chi connectivity index (χ1n) is 4.85. The van der Waals surface area contributed by atoms with Crippen molar-refractivity contribution in [1.29, 1.82) is 5.26 Å². The SMILES string of the molecule is N#CO.c1ccc2c(c1)[nH]c1ccccc12. The van der Waals surface area contributed by atoms with Crippen molar-refractivity contribution in [2.24, 2.45) is 0 Å². The van der Waals surface area contributed by atoms with E-state index in [9.17, 15) is 0 Å². The molecule has 0 atom stereocenters. The van der Waals surface area contributed by atoms with Crippen molar-refractivity contribution < 1.29 is 5.11 Å². The molecule has 3 aromatic rings. The molecule has 3 rings (SSSR count). The van der Waals surface area contributed by atoms with E-state index in [0.717, 1.165) is 6.26 Å². The smallest absolute Gasteiger partial charge is 0.283 e. The number of hydrogen-bond donors (Lipinski definition) is 2. The molecular formula is C13H10N2O. The number of benzene rings is 2. The van der Waals surface area contributed by atoms with Crippen LogP contribution in [0.1, 0.15) is 0 Å². The fourth-order valence-electron chi connectivity index (χ4n) is 1.80. The van der Waals surface area contributed by atoms with Gasteiger partial charge in [0.25, 0.3) is 6.26 Å². The summed E-state index contributed by atoms with van der Waals surface area (Å²) in [7, 11) is 0. The van der Waals surface area contributed by atoms with Gasteiger partial charge in [-0.2, -0.15) is 5.26 Å². The minimum atomic E-state index is 0.750. The third-order valence-corrected chi connectivity index (χ3v) is 2.41. The normalized spacial score (nSPS) is 9.44. The van der Waals surface area contributed by atoms with Crippen LogP contribution in [0.5, 0.6) is 0 Å². The van der Waals surface area contributed by atoms with E-state index >= 15 is 0 Å². The lowest BCUT2D eigenvalue weighted by Gasteiger charge is -1.87. The van der Waals surface area contributed by atoms with Crippen molar-refractivity contribution in [3.63, 3.8) is 0 Å². The number of fused-ring (bicyclic) bond motifs is 3. The maximum atomic E-state index is 6.88. The molecule has 0 aliphatic carbocycles. The number of aliphatic hydroxyl groups is 1. The Morgan fingerprint density at radius 2 is 1.25 bits per heavy atom. The molecule has 1 aromatic heterocycles. The number of nitrogens with one attached hydrogen (secondary N) is 1. The van der Waals surface area contributed by atoms with Gasteiger partial charge in [-0.3, -0.25) is 0 Å². The summed E-state index contributed by atoms with van der Waals surface area (Å²) in [4.78, 5) is 3.38. The van der Waals surface area contributed by atoms with Gasteiger partial charge in [0.1, 0.15) is 0 Å². The zero-order chi connectivity index (χ0) is 11.4. The minimum absolute atomic E-state index is 0.750. The highest BCUT2D eigenvalue weighted by Gasteiger charge is 2.00. The zero-order valence-corrected chi connectivity index (χ0v) is 8.51. The number of aromatic nitrogens is 1. The predicted octanol–water partition coefficient (Wildman–Crippen LogP) is 3.16. The summed E-state index contributed by atoms with van der Waals surface area (Å²) in [5.41, 5.74) is 2.42. The molecule has 0 radical (unpaired) electrons. The Morgan fingerprint density at radius 1 is 0.875 bits per heavy atom. The Labute approximate surface area is 92.6 Å². The van der Waals surface area contributed by atoms with Gasteiger partial charge < -0.3 is 10.1 Å². The fourth-order valence-corrected chi connectivity index (χ4v) is 1.80. The molecule has 0 saturated heterocycles. The Morgan fingerprint density at radius 3 is 1.69 bits per heavy atom. The van der Waals surface area contributed by atoms with Crippen molar-refractivity contribution in [1.82, 2.24) is 4.98 Å². The van der Waals surface area contributed by atoms with E-state index in [1.807, 2.05) is 0 Å². The lowest BCUT2D eigenvalue weighted by molar-refractivity contribution is 0.503. The summed E-state index contributed by atoms with van der Waals surface area (Å²) in [6.45, 7) is 0. The molecule has 78 valence electrons. The summed E-state index contributed by atoms with van der Waals surface area (Å²) in [5, 5.41) is 16.4. The van der Waals surface area contributed by atoms with Crippen LogP contribution in [0, 0.1) is 11.5 Å². The standard InChI is InChI=1S/C12H9N.CHNO/c1-3-7-11-9(5-1)10-6-2-4-8-12(10)13-11;2-1-3/h1-8,13H;3H. The summed E-state index contributed by atoms with van der Waals surface area (Å²) in [5.74, 6) is 0. The van der Waals surface area contributed by atoms with E-state index in [0.29, 0.717) is 0 Å². The number of hydrogen-bond acceptors (Lipinski definition) is 2. The third-order valence-electron chi connectivity index (χ3n) is 2.41. The summed E-state index contributed by atoms with van der Waals surface area (Å²) in [6.07, 6.45) is 0.750. The molecule has 0 unspecified atom stereocenters. The molecule has 0 aliphatic rings. The highest BCUT2D eigenvalue weighted by Crippen LogP contribution is 2.24. The first-order chi connectivity index (χ1) is 7.86. The summed E-state index contributed by atoms with van der Waals surface area (Å²) < 4.78 is 0. The van der Waals surface area contributed by atoms with Gasteiger partial charge in [0, 0.05) is 21.8 Å². The van der Waals surface area contributed by atoms with Gasteiger partial charge in [-0.15, -0.1) is 0 Å². The van der Waals surface area contributed by atoms with E-state index in [-0.39, 0.29) is 0 Å². The average Bonchev–Trinajstić information content (AvgIpc) is 2.68. The highest BCUT2D eigenvalue weighted by atomic mass is 16.2. The topological polar surface area (TPSA) is 59.8 Å².